The fraction of sp³-hybridized carbons (Fsp3) is 0.190. The molecule has 5 nitrogen and oxygen atoms in total. The van der Waals surface area contributed by atoms with Gasteiger partial charge in [-0.25, -0.2) is 9.67 Å². The third-order valence-corrected chi connectivity index (χ3v) is 4.97. The lowest BCUT2D eigenvalue weighted by molar-refractivity contribution is 0.194. The van der Waals surface area contributed by atoms with Crippen molar-refractivity contribution in [2.24, 2.45) is 0 Å². The lowest BCUT2D eigenvalue weighted by atomic mass is 9.95. The molecule has 4 aromatic rings. The molecule has 0 saturated carbocycles. The number of ether oxygens (including phenoxy) is 1. The molecule has 0 bridgehead atoms. The highest BCUT2D eigenvalue weighted by molar-refractivity contribution is 5.91. The summed E-state index contributed by atoms with van der Waals surface area (Å²) in [6, 6.07) is 12.4. The van der Waals surface area contributed by atoms with Crippen LogP contribution < -0.4 is 0 Å². The molecule has 0 aliphatic carbocycles. The van der Waals surface area contributed by atoms with E-state index in [9.17, 15) is 0 Å². The Morgan fingerprint density at radius 1 is 0.962 bits per heavy atom. The monoisotopic (exact) mass is 342 g/mol. The fourth-order valence-corrected chi connectivity index (χ4v) is 3.61. The summed E-state index contributed by atoms with van der Waals surface area (Å²) in [5, 5.41) is 6.88. The van der Waals surface area contributed by atoms with Gasteiger partial charge < -0.3 is 4.74 Å². The van der Waals surface area contributed by atoms with E-state index in [1.54, 1.807) is 6.20 Å². The molecule has 0 N–H and O–H groups in total. The van der Waals surface area contributed by atoms with Crippen LogP contribution >= 0.6 is 0 Å². The highest BCUT2D eigenvalue weighted by Crippen LogP contribution is 2.33. The summed E-state index contributed by atoms with van der Waals surface area (Å²) in [4.78, 5) is 8.94. The smallest absolute Gasteiger partial charge is 0.161 e. The Kier molecular flexibility index (Phi) is 3.72. The minimum absolute atomic E-state index is 0.421. The number of pyridine rings is 2. The summed E-state index contributed by atoms with van der Waals surface area (Å²) < 4.78 is 7.42. The zero-order valence-electron chi connectivity index (χ0n) is 14.2. The summed E-state index contributed by atoms with van der Waals surface area (Å²) in [5.41, 5.74) is 3.33. The first-order valence-electron chi connectivity index (χ1n) is 8.81. The first-order chi connectivity index (χ1) is 12.9. The van der Waals surface area contributed by atoms with Gasteiger partial charge in [0.15, 0.2) is 5.82 Å². The molecule has 1 saturated heterocycles. The maximum Gasteiger partial charge on any atom is 0.161 e. The largest absolute Gasteiger partial charge is 0.381 e. The number of hydrogen-bond acceptors (Lipinski definition) is 4. The lowest BCUT2D eigenvalue weighted by Crippen LogP contribution is -2.04. The van der Waals surface area contributed by atoms with Crippen LogP contribution in [0.4, 0.5) is 0 Å². The molecule has 0 amide bonds. The molecule has 1 aliphatic heterocycles. The molecular weight excluding hydrogens is 324 g/mol. The number of aromatic nitrogens is 4. The standard InChI is InChI=1S/C21H18N4O/c1-2-6-19-18(5-1)20(16-7-9-26-14-16)12-23-21(19)25-13-17(11-24-25)15-4-3-8-22-10-15/h1-6,8,10-13,16H,7,9,14H2. The van der Waals surface area contributed by atoms with Gasteiger partial charge in [-0.3, -0.25) is 4.98 Å². The second kappa shape index (κ2) is 6.35. The van der Waals surface area contributed by atoms with Gasteiger partial charge in [0.2, 0.25) is 0 Å². The molecule has 0 radical (unpaired) electrons. The molecule has 0 spiro atoms. The van der Waals surface area contributed by atoms with Crippen molar-refractivity contribution < 1.29 is 4.74 Å². The van der Waals surface area contributed by atoms with Crippen molar-refractivity contribution in [1.82, 2.24) is 19.7 Å². The number of rotatable bonds is 3. The molecule has 128 valence electrons. The lowest BCUT2D eigenvalue weighted by Gasteiger charge is -2.14. The second-order valence-electron chi connectivity index (χ2n) is 6.56. The first-order valence-corrected chi connectivity index (χ1v) is 8.81. The Labute approximate surface area is 151 Å². The summed E-state index contributed by atoms with van der Waals surface area (Å²) in [7, 11) is 0. The number of hydrogen-bond donors (Lipinski definition) is 0. The zero-order chi connectivity index (χ0) is 17.3. The predicted molar refractivity (Wildman–Crippen MR) is 100 cm³/mol. The van der Waals surface area contributed by atoms with Crippen LogP contribution in [0.3, 0.4) is 0 Å². The molecule has 26 heavy (non-hydrogen) atoms. The fourth-order valence-electron chi connectivity index (χ4n) is 3.61. The normalized spacial score (nSPS) is 17.0. The average molecular weight is 342 g/mol. The van der Waals surface area contributed by atoms with Gasteiger partial charge in [0.25, 0.3) is 0 Å². The summed E-state index contributed by atoms with van der Waals surface area (Å²) in [6.07, 6.45) is 10.5. The number of fused-ring (bicyclic) bond motifs is 1. The summed E-state index contributed by atoms with van der Waals surface area (Å²) in [5.74, 6) is 1.27. The van der Waals surface area contributed by atoms with E-state index in [1.165, 1.54) is 10.9 Å². The van der Waals surface area contributed by atoms with Crippen LogP contribution in [0.25, 0.3) is 27.7 Å². The van der Waals surface area contributed by atoms with Crippen molar-refractivity contribution in [3.63, 3.8) is 0 Å². The van der Waals surface area contributed by atoms with Crippen LogP contribution in [0.1, 0.15) is 17.9 Å². The minimum atomic E-state index is 0.421. The first kappa shape index (κ1) is 15.2. The van der Waals surface area contributed by atoms with E-state index >= 15 is 0 Å². The zero-order valence-corrected chi connectivity index (χ0v) is 14.2. The van der Waals surface area contributed by atoms with Crippen LogP contribution in [0.2, 0.25) is 0 Å². The van der Waals surface area contributed by atoms with Crippen molar-refractivity contribution in [1.29, 1.82) is 0 Å². The quantitative estimate of drug-likeness (QED) is 0.565. The molecule has 5 rings (SSSR count). The summed E-state index contributed by atoms with van der Waals surface area (Å²) >= 11 is 0. The van der Waals surface area contributed by atoms with Crippen molar-refractivity contribution in [3.05, 3.63) is 72.9 Å². The van der Waals surface area contributed by atoms with Crippen LogP contribution in [0, 0.1) is 0 Å². The Balaban J connectivity index is 1.62. The number of nitrogens with zero attached hydrogens (tertiary/aromatic N) is 4. The van der Waals surface area contributed by atoms with Gasteiger partial charge in [-0.1, -0.05) is 30.3 Å². The van der Waals surface area contributed by atoms with Crippen molar-refractivity contribution >= 4 is 10.8 Å². The van der Waals surface area contributed by atoms with E-state index in [2.05, 4.69) is 28.3 Å². The van der Waals surface area contributed by atoms with E-state index in [0.29, 0.717) is 5.92 Å². The van der Waals surface area contributed by atoms with Gasteiger partial charge in [0, 0.05) is 53.8 Å². The van der Waals surface area contributed by atoms with E-state index < -0.39 is 0 Å². The third-order valence-electron chi connectivity index (χ3n) is 4.97. The maximum atomic E-state index is 5.58. The molecule has 1 atom stereocenters. The average Bonchev–Trinajstić information content (AvgIpc) is 3.40. The highest BCUT2D eigenvalue weighted by Gasteiger charge is 2.21. The molecule has 4 heterocycles. The highest BCUT2D eigenvalue weighted by atomic mass is 16.5. The molecule has 1 aromatic carbocycles. The molecule has 1 unspecified atom stereocenters. The Morgan fingerprint density at radius 3 is 2.69 bits per heavy atom. The van der Waals surface area contributed by atoms with Crippen molar-refractivity contribution in [3.8, 4) is 16.9 Å². The maximum absolute atomic E-state index is 5.58. The topological polar surface area (TPSA) is 52.8 Å². The molecule has 1 aliphatic rings. The van der Waals surface area contributed by atoms with E-state index in [1.807, 2.05) is 47.7 Å². The third kappa shape index (κ3) is 2.57. The summed E-state index contributed by atoms with van der Waals surface area (Å²) in [6.45, 7) is 1.60. The van der Waals surface area contributed by atoms with Gasteiger partial charge in [-0.15, -0.1) is 0 Å². The SMILES string of the molecule is c1cncc(-c2cnn(-c3ncc(C4CCOC4)c4ccccc34)c2)c1. The van der Waals surface area contributed by atoms with Crippen LogP contribution in [-0.4, -0.2) is 33.0 Å². The van der Waals surface area contributed by atoms with E-state index in [-0.39, 0.29) is 0 Å². The molecule has 1 fully saturated rings. The molecular formula is C21H18N4O. The predicted octanol–water partition coefficient (Wildman–Crippen LogP) is 3.99. The Hall–Kier alpha value is -3.05. The van der Waals surface area contributed by atoms with Gasteiger partial charge >= 0.3 is 0 Å². The Bertz CT molecular complexity index is 1050. The van der Waals surface area contributed by atoms with E-state index in [0.717, 1.165) is 42.0 Å². The van der Waals surface area contributed by atoms with Gasteiger partial charge in [0.05, 0.1) is 12.8 Å². The Morgan fingerprint density at radius 2 is 1.88 bits per heavy atom. The van der Waals surface area contributed by atoms with Gasteiger partial charge in [0.1, 0.15) is 0 Å². The van der Waals surface area contributed by atoms with Crippen LogP contribution in [0.15, 0.2) is 67.4 Å². The minimum Gasteiger partial charge on any atom is -0.381 e. The molecule has 3 aromatic heterocycles. The second-order valence-corrected chi connectivity index (χ2v) is 6.56. The van der Waals surface area contributed by atoms with Crippen LogP contribution in [-0.2, 0) is 4.74 Å². The van der Waals surface area contributed by atoms with Gasteiger partial charge in [-0.2, -0.15) is 5.10 Å². The van der Waals surface area contributed by atoms with Crippen molar-refractivity contribution in [2.45, 2.75) is 12.3 Å². The molecule has 5 heteroatoms. The van der Waals surface area contributed by atoms with Crippen LogP contribution in [0.5, 0.6) is 0 Å². The van der Waals surface area contributed by atoms with Gasteiger partial charge in [-0.05, 0) is 23.4 Å². The number of benzene rings is 1. The van der Waals surface area contributed by atoms with E-state index in [4.69, 9.17) is 9.72 Å². The van der Waals surface area contributed by atoms with Crippen molar-refractivity contribution in [2.75, 3.05) is 13.2 Å².